The number of amides is 1. The molecule has 0 atom stereocenters. The van der Waals surface area contributed by atoms with E-state index in [0.717, 1.165) is 54.4 Å². The van der Waals surface area contributed by atoms with E-state index in [1.807, 2.05) is 30.3 Å². The van der Waals surface area contributed by atoms with E-state index >= 15 is 0 Å². The summed E-state index contributed by atoms with van der Waals surface area (Å²) < 4.78 is 15.6. The molecule has 0 unspecified atom stereocenters. The van der Waals surface area contributed by atoms with Gasteiger partial charge in [0, 0.05) is 23.1 Å². The molecule has 3 aromatic rings. The fourth-order valence-corrected chi connectivity index (χ4v) is 4.37. The number of para-hydroxylation sites is 1. The van der Waals surface area contributed by atoms with Crippen molar-refractivity contribution >= 4 is 29.0 Å². The van der Waals surface area contributed by atoms with Crippen molar-refractivity contribution in [3.63, 3.8) is 0 Å². The van der Waals surface area contributed by atoms with Crippen molar-refractivity contribution in [1.82, 2.24) is 9.55 Å². The number of rotatable bonds is 6. The molecule has 2 aromatic carbocycles. The third kappa shape index (κ3) is 4.20. The maximum atomic E-state index is 13.5. The Balaban J connectivity index is 1.51. The molecule has 0 bridgehead atoms. The fraction of sp³-hybridized carbons (Fsp3) is 0.238. The monoisotopic (exact) mass is 426 g/mol. The third-order valence-corrected chi connectivity index (χ3v) is 5.81. The summed E-state index contributed by atoms with van der Waals surface area (Å²) in [5.74, 6) is -1.21. The first-order chi connectivity index (χ1) is 14.5. The van der Waals surface area contributed by atoms with Gasteiger partial charge < -0.3 is 5.32 Å². The number of nitro benzene ring substituents is 1. The molecule has 1 aliphatic rings. The molecule has 1 aliphatic carbocycles. The van der Waals surface area contributed by atoms with Gasteiger partial charge in [-0.15, -0.1) is 0 Å². The SMILES string of the molecule is O=C(CSc1nc2c(n1-c1ccccc1)CCCC2)Nc1ccc(F)c([N+](=O)[O-])c1. The Morgan fingerprint density at radius 1 is 1.20 bits per heavy atom. The van der Waals surface area contributed by atoms with Crippen molar-refractivity contribution in [3.8, 4) is 5.69 Å². The highest BCUT2D eigenvalue weighted by Crippen LogP contribution is 2.31. The summed E-state index contributed by atoms with van der Waals surface area (Å²) in [7, 11) is 0. The predicted octanol–water partition coefficient (Wildman–Crippen LogP) is 4.53. The van der Waals surface area contributed by atoms with E-state index in [-0.39, 0.29) is 17.3 Å². The van der Waals surface area contributed by atoms with Gasteiger partial charge in [0.05, 0.1) is 16.4 Å². The molecule has 0 saturated heterocycles. The van der Waals surface area contributed by atoms with Crippen LogP contribution in [0.4, 0.5) is 15.8 Å². The average Bonchev–Trinajstić information content (AvgIpc) is 3.12. The molecule has 0 aliphatic heterocycles. The molecule has 1 N–H and O–H groups in total. The zero-order valence-corrected chi connectivity index (χ0v) is 16.8. The van der Waals surface area contributed by atoms with Gasteiger partial charge in [-0.05, 0) is 49.9 Å². The molecule has 154 valence electrons. The highest BCUT2D eigenvalue weighted by Gasteiger charge is 2.22. The minimum atomic E-state index is -0.942. The molecule has 0 fully saturated rings. The second-order valence-electron chi connectivity index (χ2n) is 6.93. The van der Waals surface area contributed by atoms with Gasteiger partial charge in [0.2, 0.25) is 11.7 Å². The number of halogens is 1. The Morgan fingerprint density at radius 3 is 2.73 bits per heavy atom. The van der Waals surface area contributed by atoms with Crippen LogP contribution in [-0.2, 0) is 17.6 Å². The van der Waals surface area contributed by atoms with Crippen LogP contribution < -0.4 is 5.32 Å². The lowest BCUT2D eigenvalue weighted by Crippen LogP contribution is -2.15. The van der Waals surface area contributed by atoms with Crippen LogP contribution >= 0.6 is 11.8 Å². The van der Waals surface area contributed by atoms with Crippen LogP contribution in [0.2, 0.25) is 0 Å². The van der Waals surface area contributed by atoms with Crippen LogP contribution in [0, 0.1) is 15.9 Å². The smallest absolute Gasteiger partial charge is 0.306 e. The molecular weight excluding hydrogens is 407 g/mol. The summed E-state index contributed by atoms with van der Waals surface area (Å²) >= 11 is 1.31. The fourth-order valence-electron chi connectivity index (χ4n) is 3.51. The van der Waals surface area contributed by atoms with E-state index in [0.29, 0.717) is 0 Å². The first-order valence-electron chi connectivity index (χ1n) is 9.55. The maximum Gasteiger partial charge on any atom is 0.306 e. The predicted molar refractivity (Wildman–Crippen MR) is 113 cm³/mol. The average molecular weight is 426 g/mol. The highest BCUT2D eigenvalue weighted by molar-refractivity contribution is 7.99. The van der Waals surface area contributed by atoms with Gasteiger partial charge in [-0.3, -0.25) is 19.5 Å². The zero-order chi connectivity index (χ0) is 21.1. The van der Waals surface area contributed by atoms with Crippen molar-refractivity contribution in [2.24, 2.45) is 0 Å². The third-order valence-electron chi connectivity index (χ3n) is 4.88. The van der Waals surface area contributed by atoms with Crippen LogP contribution in [-0.4, -0.2) is 26.1 Å². The number of nitrogens with one attached hydrogen (secondary N) is 1. The first-order valence-corrected chi connectivity index (χ1v) is 10.5. The number of fused-ring (bicyclic) bond motifs is 1. The molecule has 0 spiro atoms. The number of aromatic nitrogens is 2. The Bertz CT molecular complexity index is 1100. The number of carbonyl (C=O) groups excluding carboxylic acids is 1. The van der Waals surface area contributed by atoms with Crippen LogP contribution in [0.1, 0.15) is 24.2 Å². The summed E-state index contributed by atoms with van der Waals surface area (Å²) in [5, 5.41) is 14.2. The van der Waals surface area contributed by atoms with Crippen molar-refractivity contribution < 1.29 is 14.1 Å². The standard InChI is InChI=1S/C21H19FN4O3S/c22-16-11-10-14(12-19(16)26(28)29)23-20(27)13-30-21-24-17-8-4-5-9-18(17)25(21)15-6-2-1-3-7-15/h1-3,6-7,10-12H,4-5,8-9,13H2,(H,23,27). The van der Waals surface area contributed by atoms with E-state index in [2.05, 4.69) is 9.88 Å². The summed E-state index contributed by atoms with van der Waals surface area (Å²) in [5.41, 5.74) is 2.77. The lowest BCUT2D eigenvalue weighted by Gasteiger charge is -2.15. The Labute approximate surface area is 176 Å². The number of hydrogen-bond donors (Lipinski definition) is 1. The molecule has 30 heavy (non-hydrogen) atoms. The molecule has 1 aromatic heterocycles. The number of aryl methyl sites for hydroxylation is 1. The lowest BCUT2D eigenvalue weighted by atomic mass is 10.0. The summed E-state index contributed by atoms with van der Waals surface area (Å²) in [6.45, 7) is 0. The minimum Gasteiger partial charge on any atom is -0.325 e. The lowest BCUT2D eigenvalue weighted by molar-refractivity contribution is -0.387. The quantitative estimate of drug-likeness (QED) is 0.355. The Kier molecular flexibility index (Phi) is 5.80. The number of benzene rings is 2. The topological polar surface area (TPSA) is 90.1 Å². The van der Waals surface area contributed by atoms with E-state index in [1.54, 1.807) is 0 Å². The number of carbonyl (C=O) groups is 1. The second kappa shape index (κ2) is 8.66. The van der Waals surface area contributed by atoms with E-state index in [1.165, 1.54) is 23.5 Å². The summed E-state index contributed by atoms with van der Waals surface area (Å²) in [6.07, 6.45) is 4.09. The van der Waals surface area contributed by atoms with E-state index in [4.69, 9.17) is 4.98 Å². The van der Waals surface area contributed by atoms with Crippen LogP contribution in [0.15, 0.2) is 53.7 Å². The van der Waals surface area contributed by atoms with Gasteiger partial charge in [-0.1, -0.05) is 30.0 Å². The number of anilines is 1. The van der Waals surface area contributed by atoms with Gasteiger partial charge in [0.1, 0.15) is 0 Å². The number of nitro groups is 1. The van der Waals surface area contributed by atoms with Crippen LogP contribution in [0.3, 0.4) is 0 Å². The molecule has 0 saturated carbocycles. The minimum absolute atomic E-state index is 0.0773. The first kappa shape index (κ1) is 20.1. The van der Waals surface area contributed by atoms with Crippen molar-refractivity contribution in [2.45, 2.75) is 30.8 Å². The molecular formula is C21H19FN4O3S. The second-order valence-corrected chi connectivity index (χ2v) is 7.87. The normalized spacial score (nSPS) is 13.0. The van der Waals surface area contributed by atoms with Gasteiger partial charge in [-0.2, -0.15) is 4.39 Å². The zero-order valence-electron chi connectivity index (χ0n) is 16.0. The van der Waals surface area contributed by atoms with Gasteiger partial charge >= 0.3 is 5.69 Å². The van der Waals surface area contributed by atoms with Crippen molar-refractivity contribution in [2.75, 3.05) is 11.1 Å². The number of hydrogen-bond acceptors (Lipinski definition) is 5. The highest BCUT2D eigenvalue weighted by atomic mass is 32.2. The van der Waals surface area contributed by atoms with Crippen molar-refractivity contribution in [3.05, 3.63) is 75.9 Å². The number of thioether (sulfide) groups is 1. The van der Waals surface area contributed by atoms with Gasteiger partial charge in [0.25, 0.3) is 0 Å². The van der Waals surface area contributed by atoms with Crippen LogP contribution in [0.5, 0.6) is 0 Å². The Morgan fingerprint density at radius 2 is 1.97 bits per heavy atom. The molecule has 0 radical (unpaired) electrons. The molecule has 1 amide bonds. The van der Waals surface area contributed by atoms with Crippen LogP contribution in [0.25, 0.3) is 5.69 Å². The van der Waals surface area contributed by atoms with Gasteiger partial charge in [0.15, 0.2) is 5.16 Å². The number of nitrogens with zero attached hydrogens (tertiary/aromatic N) is 3. The molecule has 4 rings (SSSR count). The molecule has 7 nitrogen and oxygen atoms in total. The summed E-state index contributed by atoms with van der Waals surface area (Å²) in [4.78, 5) is 27.2. The summed E-state index contributed by atoms with van der Waals surface area (Å²) in [6, 6.07) is 13.2. The Hall–Kier alpha value is -3.20. The van der Waals surface area contributed by atoms with E-state index < -0.39 is 16.4 Å². The largest absolute Gasteiger partial charge is 0.325 e. The number of imidazole rings is 1. The van der Waals surface area contributed by atoms with Gasteiger partial charge in [-0.25, -0.2) is 4.98 Å². The maximum absolute atomic E-state index is 13.5. The molecule has 1 heterocycles. The molecule has 9 heteroatoms. The van der Waals surface area contributed by atoms with E-state index in [9.17, 15) is 19.3 Å². The van der Waals surface area contributed by atoms with Crippen molar-refractivity contribution in [1.29, 1.82) is 0 Å².